The van der Waals surface area contributed by atoms with Crippen LogP contribution in [0.25, 0.3) is 0 Å². The predicted molar refractivity (Wildman–Crippen MR) is 98.8 cm³/mol. The number of benzene rings is 2. The monoisotopic (exact) mass is 371 g/mol. The fourth-order valence-corrected chi connectivity index (χ4v) is 3.62. The van der Waals surface area contributed by atoms with E-state index in [0.717, 1.165) is 11.1 Å². The second kappa shape index (κ2) is 8.48. The van der Waals surface area contributed by atoms with Gasteiger partial charge in [0.15, 0.2) is 12.6 Å². The number of rotatable bonds is 5. The number of aliphatic hydroxyl groups is 1. The largest absolute Gasteiger partial charge is 0.388 e. The zero-order valence-corrected chi connectivity index (χ0v) is 15.2. The summed E-state index contributed by atoms with van der Waals surface area (Å²) < 4.78 is 23.3. The summed E-state index contributed by atoms with van der Waals surface area (Å²) in [4.78, 5) is 0. The molecule has 2 fully saturated rings. The van der Waals surface area contributed by atoms with E-state index in [-0.39, 0.29) is 6.10 Å². The second-order valence-electron chi connectivity index (χ2n) is 6.84. The van der Waals surface area contributed by atoms with Gasteiger partial charge in [-0.25, -0.2) is 0 Å². The van der Waals surface area contributed by atoms with Gasteiger partial charge in [-0.2, -0.15) is 0 Å². The fourth-order valence-electron chi connectivity index (χ4n) is 3.62. The molecule has 2 aliphatic heterocycles. The van der Waals surface area contributed by atoms with Crippen molar-refractivity contribution in [2.75, 3.05) is 13.7 Å². The molecule has 2 N–H and O–H groups in total. The first-order valence-corrected chi connectivity index (χ1v) is 9.22. The zero-order chi connectivity index (χ0) is 18.6. The van der Waals surface area contributed by atoms with Crippen molar-refractivity contribution in [1.82, 2.24) is 5.32 Å². The molecule has 6 atom stereocenters. The number of ether oxygens (including phenoxy) is 4. The molecule has 0 radical (unpaired) electrons. The summed E-state index contributed by atoms with van der Waals surface area (Å²) in [6.07, 6.45) is -2.75. The first kappa shape index (κ1) is 18.6. The van der Waals surface area contributed by atoms with Crippen molar-refractivity contribution in [2.45, 2.75) is 43.5 Å². The summed E-state index contributed by atoms with van der Waals surface area (Å²) in [5.41, 5.74) is 2.04. The van der Waals surface area contributed by atoms with Crippen molar-refractivity contribution in [2.24, 2.45) is 0 Å². The molecule has 1 unspecified atom stereocenters. The fraction of sp³-hybridized carbons (Fsp3) is 0.429. The molecule has 2 aromatic carbocycles. The molecule has 27 heavy (non-hydrogen) atoms. The van der Waals surface area contributed by atoms with Crippen molar-refractivity contribution in [1.29, 1.82) is 0 Å². The molecule has 0 saturated carbocycles. The van der Waals surface area contributed by atoms with Crippen molar-refractivity contribution in [3.8, 4) is 0 Å². The molecule has 2 aliphatic rings. The molecule has 6 heteroatoms. The van der Waals surface area contributed by atoms with E-state index < -0.39 is 30.8 Å². The van der Waals surface area contributed by atoms with Gasteiger partial charge in [-0.15, -0.1) is 0 Å². The Morgan fingerprint density at radius 2 is 1.74 bits per heavy atom. The van der Waals surface area contributed by atoms with Crippen LogP contribution >= 0.6 is 0 Å². The Kier molecular flexibility index (Phi) is 5.83. The Morgan fingerprint density at radius 3 is 2.44 bits per heavy atom. The summed E-state index contributed by atoms with van der Waals surface area (Å²) in [6.45, 7) is 0.939. The highest BCUT2D eigenvalue weighted by molar-refractivity contribution is 5.17. The van der Waals surface area contributed by atoms with Gasteiger partial charge in [-0.1, -0.05) is 60.7 Å². The highest BCUT2D eigenvalue weighted by atomic mass is 16.7. The van der Waals surface area contributed by atoms with E-state index in [1.54, 1.807) is 7.11 Å². The normalized spacial score (nSPS) is 33.4. The van der Waals surface area contributed by atoms with Gasteiger partial charge in [-0.3, -0.25) is 0 Å². The average Bonchev–Trinajstić information content (AvgIpc) is 2.74. The average molecular weight is 371 g/mol. The zero-order valence-electron chi connectivity index (χ0n) is 15.2. The lowest BCUT2D eigenvalue weighted by atomic mass is 9.95. The minimum absolute atomic E-state index is 0.340. The van der Waals surface area contributed by atoms with E-state index >= 15 is 0 Å². The van der Waals surface area contributed by atoms with E-state index in [4.69, 9.17) is 18.9 Å². The summed E-state index contributed by atoms with van der Waals surface area (Å²) in [5, 5.41) is 14.4. The number of fused-ring (bicyclic) bond motifs is 1. The van der Waals surface area contributed by atoms with Gasteiger partial charge in [0, 0.05) is 19.2 Å². The number of hydrogen-bond acceptors (Lipinski definition) is 6. The lowest BCUT2D eigenvalue weighted by Gasteiger charge is -2.47. The van der Waals surface area contributed by atoms with Gasteiger partial charge < -0.3 is 29.4 Å². The molecule has 2 aromatic rings. The van der Waals surface area contributed by atoms with E-state index in [9.17, 15) is 5.11 Å². The highest BCUT2D eigenvalue weighted by Gasteiger charge is 2.49. The third kappa shape index (κ3) is 4.06. The van der Waals surface area contributed by atoms with Crippen LogP contribution < -0.4 is 5.32 Å². The molecule has 144 valence electrons. The smallest absolute Gasteiger partial charge is 0.184 e. The number of aliphatic hydroxyl groups excluding tert-OH is 1. The van der Waals surface area contributed by atoms with Crippen LogP contribution in [0.5, 0.6) is 0 Å². The van der Waals surface area contributed by atoms with Gasteiger partial charge in [-0.05, 0) is 5.56 Å². The molecule has 0 bridgehead atoms. The van der Waals surface area contributed by atoms with Crippen LogP contribution in [0.1, 0.15) is 17.4 Å². The SMILES string of the molecule is CO[C@H]1O[C@@H]2COC(c3ccccc3)O[C@H]2[C@@H](O)[C@H]1NCc1ccccc1. The van der Waals surface area contributed by atoms with Gasteiger partial charge in [0.2, 0.25) is 0 Å². The Bertz CT molecular complexity index is 707. The van der Waals surface area contributed by atoms with Crippen molar-refractivity contribution < 1.29 is 24.1 Å². The topological polar surface area (TPSA) is 69.2 Å². The minimum Gasteiger partial charge on any atom is -0.388 e. The van der Waals surface area contributed by atoms with Gasteiger partial charge >= 0.3 is 0 Å². The molecule has 2 saturated heterocycles. The van der Waals surface area contributed by atoms with Crippen molar-refractivity contribution in [3.05, 3.63) is 71.8 Å². The maximum absolute atomic E-state index is 11.0. The third-order valence-electron chi connectivity index (χ3n) is 5.05. The molecule has 2 heterocycles. The van der Waals surface area contributed by atoms with E-state index in [2.05, 4.69) is 5.32 Å². The molecule has 0 aromatic heterocycles. The predicted octanol–water partition coefficient (Wildman–Crippen LogP) is 1.99. The Labute approximate surface area is 159 Å². The Hall–Kier alpha value is -1.80. The third-order valence-corrected chi connectivity index (χ3v) is 5.05. The number of nitrogens with one attached hydrogen (secondary N) is 1. The molecule has 0 amide bonds. The molecule has 6 nitrogen and oxygen atoms in total. The van der Waals surface area contributed by atoms with Crippen molar-refractivity contribution in [3.63, 3.8) is 0 Å². The van der Waals surface area contributed by atoms with E-state index in [0.29, 0.717) is 13.2 Å². The minimum atomic E-state index is -0.785. The summed E-state index contributed by atoms with van der Waals surface area (Å²) in [5.74, 6) is 0. The lowest BCUT2D eigenvalue weighted by molar-refractivity contribution is -0.341. The number of methoxy groups -OCH3 is 1. The van der Waals surface area contributed by atoms with Crippen LogP contribution in [0, 0.1) is 0 Å². The lowest BCUT2D eigenvalue weighted by Crippen LogP contribution is -2.65. The molecule has 4 rings (SSSR count). The van der Waals surface area contributed by atoms with E-state index in [1.165, 1.54) is 0 Å². The Morgan fingerprint density at radius 1 is 1.04 bits per heavy atom. The van der Waals surface area contributed by atoms with Crippen LogP contribution in [0.3, 0.4) is 0 Å². The first-order valence-electron chi connectivity index (χ1n) is 9.22. The quantitative estimate of drug-likeness (QED) is 0.838. The first-order chi connectivity index (χ1) is 13.3. The van der Waals surface area contributed by atoms with Crippen LogP contribution in [0.4, 0.5) is 0 Å². The van der Waals surface area contributed by atoms with Gasteiger partial charge in [0.05, 0.1) is 12.6 Å². The van der Waals surface area contributed by atoms with Gasteiger partial charge in [0.1, 0.15) is 18.3 Å². The second-order valence-corrected chi connectivity index (χ2v) is 6.84. The standard InChI is InChI=1S/C21H25NO5/c1-24-21-17(22-12-14-8-4-2-5-9-14)18(23)19-16(26-21)13-25-20(27-19)15-10-6-3-7-11-15/h2-11,16-23H,12-13H2,1H3/t16-,17-,18+,19-,20?,21+/m1/s1. The summed E-state index contributed by atoms with van der Waals surface area (Å²) in [6, 6.07) is 19.3. The maximum atomic E-state index is 11.0. The molecule has 0 spiro atoms. The summed E-state index contributed by atoms with van der Waals surface area (Å²) in [7, 11) is 1.58. The molecular weight excluding hydrogens is 346 g/mol. The van der Waals surface area contributed by atoms with Crippen molar-refractivity contribution >= 4 is 0 Å². The van der Waals surface area contributed by atoms with Crippen LogP contribution in [-0.4, -0.2) is 49.5 Å². The van der Waals surface area contributed by atoms with Gasteiger partial charge in [0.25, 0.3) is 0 Å². The number of hydrogen-bond donors (Lipinski definition) is 2. The molecule has 0 aliphatic carbocycles. The van der Waals surface area contributed by atoms with E-state index in [1.807, 2.05) is 60.7 Å². The maximum Gasteiger partial charge on any atom is 0.184 e. The van der Waals surface area contributed by atoms with Crippen LogP contribution in [-0.2, 0) is 25.5 Å². The molecular formula is C21H25NO5. The Balaban J connectivity index is 1.46. The summed E-state index contributed by atoms with van der Waals surface area (Å²) >= 11 is 0. The van der Waals surface area contributed by atoms with Crippen LogP contribution in [0.2, 0.25) is 0 Å². The highest BCUT2D eigenvalue weighted by Crippen LogP contribution is 2.34. The van der Waals surface area contributed by atoms with Crippen LogP contribution in [0.15, 0.2) is 60.7 Å².